The smallest absolute Gasteiger partial charge is 0.579 e. The van der Waals surface area contributed by atoms with Crippen LogP contribution in [0.25, 0.3) is 33.3 Å². The van der Waals surface area contributed by atoms with Gasteiger partial charge in [0.25, 0.3) is 0 Å². The van der Waals surface area contributed by atoms with E-state index in [4.69, 9.17) is 9.39 Å². The maximum atomic E-state index is 6.73. The molecule has 0 spiro atoms. The number of rotatable bonds is 4. The molecule has 0 saturated carbocycles. The molecule has 0 amide bonds. The summed E-state index contributed by atoms with van der Waals surface area (Å²) in [6.07, 6.45) is 7.23. The van der Waals surface area contributed by atoms with Crippen molar-refractivity contribution in [2.24, 2.45) is 7.05 Å². The molecule has 0 saturated heterocycles. The van der Waals surface area contributed by atoms with Crippen molar-refractivity contribution in [1.29, 1.82) is 0 Å². The Kier molecular flexibility index (Phi) is 7.25. The van der Waals surface area contributed by atoms with E-state index in [0.29, 0.717) is 17.2 Å². The summed E-state index contributed by atoms with van der Waals surface area (Å²) in [7, 11) is 3.68. The van der Waals surface area contributed by atoms with Gasteiger partial charge in [-0.3, -0.25) is 0 Å². The number of benzene rings is 4. The molecule has 1 aliphatic heterocycles. The van der Waals surface area contributed by atoms with Crippen LogP contribution in [-0.2, 0) is 28.1 Å². The Bertz CT molecular complexity index is 2190. The zero-order valence-electron chi connectivity index (χ0n) is 25.2. The molecular formula is C36H28BN5O2Pt-2. The first-order valence-electron chi connectivity index (χ1n) is 14.5. The van der Waals surface area contributed by atoms with Crippen LogP contribution in [0.2, 0.25) is 0 Å². The van der Waals surface area contributed by atoms with Crippen molar-refractivity contribution in [2.75, 3.05) is 11.9 Å². The molecule has 0 unspecified atom stereocenters. The van der Waals surface area contributed by atoms with Crippen LogP contribution in [0.1, 0.15) is 11.1 Å². The van der Waals surface area contributed by atoms with Gasteiger partial charge in [0, 0.05) is 70.0 Å². The molecule has 0 bridgehead atoms. The summed E-state index contributed by atoms with van der Waals surface area (Å²) in [6, 6.07) is 35.4. The summed E-state index contributed by atoms with van der Waals surface area (Å²) in [4.78, 5) is 6.77. The second kappa shape index (κ2) is 11.3. The van der Waals surface area contributed by atoms with Gasteiger partial charge in [-0.1, -0.05) is 48.0 Å². The summed E-state index contributed by atoms with van der Waals surface area (Å²) in [5.74, 6) is 3.58. The Morgan fingerprint density at radius 1 is 0.822 bits per heavy atom. The molecule has 0 atom stereocenters. The predicted molar refractivity (Wildman–Crippen MR) is 172 cm³/mol. The van der Waals surface area contributed by atoms with E-state index >= 15 is 0 Å². The average molecular weight is 769 g/mol. The maximum absolute atomic E-state index is 6.73. The zero-order chi connectivity index (χ0) is 29.9. The number of pyridine rings is 1. The van der Waals surface area contributed by atoms with E-state index in [9.17, 15) is 0 Å². The van der Waals surface area contributed by atoms with Gasteiger partial charge in [0.15, 0.2) is 6.33 Å². The number of aromatic nitrogens is 4. The average Bonchev–Trinajstić information content (AvgIpc) is 3.55. The number of nitrogens with zero attached hydrogens (tertiary/aromatic N) is 5. The van der Waals surface area contributed by atoms with Crippen LogP contribution >= 0.6 is 0 Å². The molecule has 45 heavy (non-hydrogen) atoms. The second-order valence-electron chi connectivity index (χ2n) is 11.2. The molecule has 0 radical (unpaired) electrons. The molecule has 7 aromatic rings. The van der Waals surface area contributed by atoms with E-state index in [-0.39, 0.29) is 28.1 Å². The van der Waals surface area contributed by atoms with E-state index < -0.39 is 0 Å². The van der Waals surface area contributed by atoms with Crippen LogP contribution < -0.4 is 24.2 Å². The van der Waals surface area contributed by atoms with Crippen molar-refractivity contribution < 1.29 is 35.0 Å². The molecule has 1 aliphatic rings. The normalized spacial score (nSPS) is 12.4. The summed E-state index contributed by atoms with van der Waals surface area (Å²) in [5, 5.41) is 2.22. The van der Waals surface area contributed by atoms with Crippen LogP contribution in [0.4, 0.5) is 5.82 Å². The van der Waals surface area contributed by atoms with Gasteiger partial charge in [0.05, 0.1) is 0 Å². The molecule has 4 heterocycles. The van der Waals surface area contributed by atoms with Crippen molar-refractivity contribution in [3.05, 3.63) is 127 Å². The van der Waals surface area contributed by atoms with Gasteiger partial charge < -0.3 is 27.9 Å². The first kappa shape index (κ1) is 28.9. The van der Waals surface area contributed by atoms with E-state index in [1.54, 1.807) is 6.20 Å². The number of anilines is 1. The maximum Gasteiger partial charge on any atom is 0.579 e. The standard InChI is InChI=1S/C36H28BN5O2.Pt/c1-24-10-9-11-25(2)36(24)37-40(4)35-22-39(3)23-41(35)32-21-27(16-18-33(32)44-37)43-26-15-17-29-28-12-5-6-13-30(28)42(31(29)20-26)34-14-7-8-19-38-34;/h5-19,22H,1-4H3;/q-2;. The SMILES string of the molecule is Cc1cccc(C)c1B1Oc2ccc(Oc3[c-]c4c(cc3)c3ccccc3n4-c3ccccn3)[c-]c2-[n+]2[c-]n(C)cc2N1C.[Pt]. The third kappa shape index (κ3) is 4.81. The van der Waals surface area contributed by atoms with Crippen LogP contribution in [0.5, 0.6) is 17.2 Å². The van der Waals surface area contributed by atoms with Gasteiger partial charge >= 0.3 is 7.05 Å². The Balaban J connectivity index is 0.00000325. The Labute approximate surface area is 276 Å². The fourth-order valence-electron chi connectivity index (χ4n) is 6.22. The Morgan fingerprint density at radius 3 is 2.38 bits per heavy atom. The first-order valence-corrected chi connectivity index (χ1v) is 14.5. The zero-order valence-corrected chi connectivity index (χ0v) is 27.5. The third-order valence-electron chi connectivity index (χ3n) is 8.28. The van der Waals surface area contributed by atoms with Gasteiger partial charge in [-0.05, 0) is 60.0 Å². The number of aryl methyl sites for hydroxylation is 3. The van der Waals surface area contributed by atoms with Crippen molar-refractivity contribution >= 4 is 40.1 Å². The molecule has 224 valence electrons. The molecule has 3 aromatic heterocycles. The van der Waals surface area contributed by atoms with Crippen LogP contribution in [0.15, 0.2) is 97.3 Å². The van der Waals surface area contributed by atoms with Crippen molar-refractivity contribution in [3.63, 3.8) is 0 Å². The minimum absolute atomic E-state index is 0. The van der Waals surface area contributed by atoms with E-state index in [1.807, 2.05) is 71.9 Å². The molecule has 0 N–H and O–H groups in total. The molecule has 7 nitrogen and oxygen atoms in total. The summed E-state index contributed by atoms with van der Waals surface area (Å²) >= 11 is 0. The van der Waals surface area contributed by atoms with Gasteiger partial charge in [-0.2, -0.15) is 6.07 Å². The van der Waals surface area contributed by atoms with Crippen molar-refractivity contribution in [3.8, 4) is 28.8 Å². The first-order chi connectivity index (χ1) is 21.5. The number of hydrogen-bond donors (Lipinski definition) is 0. The minimum atomic E-state index is -0.330. The van der Waals surface area contributed by atoms with Crippen LogP contribution in [-0.4, -0.2) is 28.2 Å². The monoisotopic (exact) mass is 768 g/mol. The fourth-order valence-corrected chi connectivity index (χ4v) is 6.22. The molecule has 0 fully saturated rings. The van der Waals surface area contributed by atoms with E-state index in [1.165, 1.54) is 11.1 Å². The molecule has 9 heteroatoms. The Morgan fingerprint density at radius 2 is 1.58 bits per heavy atom. The summed E-state index contributed by atoms with van der Waals surface area (Å²) in [6.45, 7) is 4.25. The number of imidazole rings is 1. The quantitative estimate of drug-likeness (QED) is 0.129. The number of fused-ring (bicyclic) bond motifs is 6. The Hall–Kier alpha value is -4.81. The van der Waals surface area contributed by atoms with E-state index in [0.717, 1.165) is 44.6 Å². The third-order valence-corrected chi connectivity index (χ3v) is 8.28. The second-order valence-corrected chi connectivity index (χ2v) is 11.2. The van der Waals surface area contributed by atoms with Gasteiger partial charge in [0.2, 0.25) is 0 Å². The van der Waals surface area contributed by atoms with Gasteiger partial charge in [-0.15, -0.1) is 35.7 Å². The number of ether oxygens (including phenoxy) is 1. The summed E-state index contributed by atoms with van der Waals surface area (Å²) in [5.41, 5.74) is 6.18. The minimum Gasteiger partial charge on any atom is -0.593 e. The van der Waals surface area contributed by atoms with Crippen LogP contribution in [0.3, 0.4) is 0 Å². The molecule has 4 aromatic carbocycles. The van der Waals surface area contributed by atoms with Crippen molar-refractivity contribution in [2.45, 2.75) is 13.8 Å². The fraction of sp³-hybridized carbons (Fsp3) is 0.111. The van der Waals surface area contributed by atoms with Crippen molar-refractivity contribution in [1.82, 2.24) is 14.1 Å². The molecule has 8 rings (SSSR count). The van der Waals surface area contributed by atoms with Gasteiger partial charge in [-0.25, -0.2) is 4.98 Å². The molecular weight excluding hydrogens is 740 g/mol. The van der Waals surface area contributed by atoms with Crippen LogP contribution in [0, 0.1) is 32.3 Å². The number of hydrogen-bond acceptors (Lipinski definition) is 4. The molecule has 0 aliphatic carbocycles. The summed E-state index contributed by atoms with van der Waals surface area (Å²) < 4.78 is 19.2. The van der Waals surface area contributed by atoms with Gasteiger partial charge in [0.1, 0.15) is 11.6 Å². The largest absolute Gasteiger partial charge is 0.593 e. The number of para-hydroxylation sites is 1. The predicted octanol–water partition coefficient (Wildman–Crippen LogP) is 5.83. The van der Waals surface area contributed by atoms with E-state index in [2.05, 4.69) is 89.1 Å². The topological polar surface area (TPSA) is 48.3 Å².